The van der Waals surface area contributed by atoms with E-state index in [9.17, 15) is 19.5 Å². The molecule has 1 saturated heterocycles. The van der Waals surface area contributed by atoms with E-state index in [1.54, 1.807) is 50.2 Å². The largest absolute Gasteiger partial charge is 0.507 e. The van der Waals surface area contributed by atoms with Crippen molar-refractivity contribution in [2.75, 3.05) is 18.6 Å². The molecule has 1 aromatic heterocycles. The molecular formula is C25H21IN2O6S. The van der Waals surface area contributed by atoms with Crippen molar-refractivity contribution in [1.29, 1.82) is 0 Å². The highest BCUT2D eigenvalue weighted by molar-refractivity contribution is 14.1. The van der Waals surface area contributed by atoms with Crippen molar-refractivity contribution in [2.24, 2.45) is 0 Å². The second-order valence-electron chi connectivity index (χ2n) is 7.58. The van der Waals surface area contributed by atoms with Gasteiger partial charge in [0.05, 0.1) is 31.0 Å². The van der Waals surface area contributed by atoms with E-state index in [-0.39, 0.29) is 27.9 Å². The van der Waals surface area contributed by atoms with Crippen LogP contribution in [-0.4, -0.2) is 41.5 Å². The van der Waals surface area contributed by atoms with Gasteiger partial charge in [-0.2, -0.15) is 0 Å². The molecule has 1 aliphatic heterocycles. The average molecular weight is 604 g/mol. The predicted molar refractivity (Wildman–Crippen MR) is 140 cm³/mol. The Bertz CT molecular complexity index is 1350. The highest BCUT2D eigenvalue weighted by Gasteiger charge is 2.48. The summed E-state index contributed by atoms with van der Waals surface area (Å²) in [6.45, 7) is 3.53. The van der Waals surface area contributed by atoms with Crippen molar-refractivity contribution in [2.45, 2.75) is 19.9 Å². The van der Waals surface area contributed by atoms with E-state index in [4.69, 9.17) is 9.47 Å². The van der Waals surface area contributed by atoms with E-state index in [1.165, 1.54) is 12.0 Å². The average Bonchev–Trinajstić information content (AvgIpc) is 3.36. The van der Waals surface area contributed by atoms with Crippen molar-refractivity contribution in [1.82, 2.24) is 4.98 Å². The van der Waals surface area contributed by atoms with Crippen LogP contribution < -0.4 is 9.64 Å². The summed E-state index contributed by atoms with van der Waals surface area (Å²) >= 11 is 3.13. The van der Waals surface area contributed by atoms with Crippen LogP contribution in [0.15, 0.2) is 54.1 Å². The Balaban J connectivity index is 1.91. The fourth-order valence-electron chi connectivity index (χ4n) is 3.79. The maximum Gasteiger partial charge on any atom is 0.350 e. The van der Waals surface area contributed by atoms with Crippen LogP contribution in [0, 0.1) is 10.5 Å². The molecule has 10 heteroatoms. The van der Waals surface area contributed by atoms with E-state index in [0.717, 1.165) is 14.9 Å². The second kappa shape index (κ2) is 10.2. The number of amides is 1. The number of nitrogens with zero attached hydrogens (tertiary/aromatic N) is 2. The first kappa shape index (κ1) is 24.9. The number of halogens is 1. The van der Waals surface area contributed by atoms with E-state index in [1.807, 2.05) is 12.1 Å². The Hall–Kier alpha value is -3.25. The van der Waals surface area contributed by atoms with Crippen LogP contribution >= 0.6 is 33.9 Å². The minimum atomic E-state index is -0.946. The number of aliphatic hydroxyl groups is 1. The number of esters is 1. The Kier molecular flexibility index (Phi) is 7.22. The van der Waals surface area contributed by atoms with Gasteiger partial charge in [0.2, 0.25) is 0 Å². The third kappa shape index (κ3) is 4.67. The maximum atomic E-state index is 13.3. The lowest BCUT2D eigenvalue weighted by Gasteiger charge is -2.23. The number of aryl methyl sites for hydroxylation is 1. The van der Waals surface area contributed by atoms with Crippen LogP contribution in [0.25, 0.3) is 5.76 Å². The number of ether oxygens (including phenoxy) is 2. The van der Waals surface area contributed by atoms with Crippen molar-refractivity contribution in [3.05, 3.63) is 79.4 Å². The molecule has 0 radical (unpaired) electrons. The lowest BCUT2D eigenvalue weighted by Crippen LogP contribution is -2.29. The topological polar surface area (TPSA) is 106 Å². The molecular weight excluding hydrogens is 583 g/mol. The van der Waals surface area contributed by atoms with Crippen LogP contribution in [0.1, 0.15) is 39.5 Å². The van der Waals surface area contributed by atoms with Crippen molar-refractivity contribution in [3.8, 4) is 5.75 Å². The molecule has 180 valence electrons. The first-order valence-electron chi connectivity index (χ1n) is 10.6. The summed E-state index contributed by atoms with van der Waals surface area (Å²) < 4.78 is 11.3. The molecule has 2 aromatic carbocycles. The second-order valence-corrected chi connectivity index (χ2v) is 9.81. The molecule has 1 N–H and O–H groups in total. The molecule has 1 amide bonds. The van der Waals surface area contributed by atoms with Crippen LogP contribution in [0.5, 0.6) is 5.75 Å². The summed E-state index contributed by atoms with van der Waals surface area (Å²) in [5, 5.41) is 11.4. The number of anilines is 1. The molecule has 1 fully saturated rings. The van der Waals surface area contributed by atoms with Crippen LogP contribution in [-0.2, 0) is 14.3 Å². The van der Waals surface area contributed by atoms with Gasteiger partial charge < -0.3 is 14.6 Å². The van der Waals surface area contributed by atoms with Crippen LogP contribution in [0.2, 0.25) is 0 Å². The third-order valence-electron chi connectivity index (χ3n) is 5.43. The third-order valence-corrected chi connectivity index (χ3v) is 7.28. The number of aliphatic hydroxyl groups excluding tert-OH is 1. The van der Waals surface area contributed by atoms with Crippen molar-refractivity contribution < 1.29 is 29.0 Å². The minimum absolute atomic E-state index is 0.0741. The Morgan fingerprint density at radius 3 is 2.57 bits per heavy atom. The van der Waals surface area contributed by atoms with E-state index in [2.05, 4.69) is 27.6 Å². The summed E-state index contributed by atoms with van der Waals surface area (Å²) in [6, 6.07) is 12.9. The van der Waals surface area contributed by atoms with Crippen molar-refractivity contribution in [3.63, 3.8) is 0 Å². The fraction of sp³-hybridized carbons (Fsp3) is 0.200. The Labute approximate surface area is 219 Å². The van der Waals surface area contributed by atoms with Gasteiger partial charge in [0, 0.05) is 9.13 Å². The molecule has 1 aliphatic rings. The molecule has 0 aliphatic carbocycles. The number of carbonyl (C=O) groups is 3. The van der Waals surface area contributed by atoms with Gasteiger partial charge in [0.25, 0.3) is 5.78 Å². The zero-order valence-corrected chi connectivity index (χ0v) is 22.0. The zero-order chi connectivity index (χ0) is 25.3. The molecule has 35 heavy (non-hydrogen) atoms. The number of benzene rings is 2. The normalized spacial score (nSPS) is 17.0. The molecule has 3 aromatic rings. The lowest BCUT2D eigenvalue weighted by molar-refractivity contribution is -0.132. The smallest absolute Gasteiger partial charge is 0.350 e. The highest BCUT2D eigenvalue weighted by Crippen LogP contribution is 2.44. The molecule has 8 nitrogen and oxygen atoms in total. The Morgan fingerprint density at radius 1 is 1.20 bits per heavy atom. The molecule has 0 spiro atoms. The van der Waals surface area contributed by atoms with Gasteiger partial charge in [0.15, 0.2) is 5.13 Å². The lowest BCUT2D eigenvalue weighted by atomic mass is 9.95. The van der Waals surface area contributed by atoms with Gasteiger partial charge in [-0.3, -0.25) is 14.5 Å². The van der Waals surface area contributed by atoms with Gasteiger partial charge in [-0.1, -0.05) is 35.6 Å². The molecule has 0 saturated carbocycles. The van der Waals surface area contributed by atoms with Gasteiger partial charge in [-0.15, -0.1) is 0 Å². The maximum absolute atomic E-state index is 13.3. The number of carbonyl (C=O) groups excluding carboxylic acids is 3. The standard InChI is InChI=1S/C25H21IN2O6S/c1-4-34-24(32)22-13(2)27-25(35-22)28-19(14-8-10-16(26)11-9-14)18(21(30)23(28)31)20(29)15-6-5-7-17(12-15)33-3/h5-12,19,29H,4H2,1-3H3. The summed E-state index contributed by atoms with van der Waals surface area (Å²) in [5.41, 5.74) is 1.26. The summed E-state index contributed by atoms with van der Waals surface area (Å²) in [6.07, 6.45) is 0. The van der Waals surface area contributed by atoms with Gasteiger partial charge in [0.1, 0.15) is 16.4 Å². The van der Waals surface area contributed by atoms with Crippen molar-refractivity contribution >= 4 is 62.5 Å². The van der Waals surface area contributed by atoms with Gasteiger partial charge in [-0.05, 0) is 66.3 Å². The summed E-state index contributed by atoms with van der Waals surface area (Å²) in [5.74, 6) is -2.08. The zero-order valence-electron chi connectivity index (χ0n) is 19.1. The Morgan fingerprint density at radius 2 is 1.91 bits per heavy atom. The highest BCUT2D eigenvalue weighted by atomic mass is 127. The van der Waals surface area contributed by atoms with E-state index < -0.39 is 23.7 Å². The molecule has 4 rings (SSSR count). The summed E-state index contributed by atoms with van der Waals surface area (Å²) in [4.78, 5) is 44.8. The number of ketones is 1. The van der Waals surface area contributed by atoms with Crippen LogP contribution in [0.4, 0.5) is 5.13 Å². The predicted octanol–water partition coefficient (Wildman–Crippen LogP) is 4.87. The number of methoxy groups -OCH3 is 1. The SMILES string of the molecule is CCOC(=O)c1sc(N2C(=O)C(=O)C(=C(O)c3cccc(OC)c3)C2c2ccc(I)cc2)nc1C. The number of thiazole rings is 1. The fourth-order valence-corrected chi connectivity index (χ4v) is 5.13. The number of rotatable bonds is 6. The quantitative estimate of drug-likeness (QED) is 0.141. The minimum Gasteiger partial charge on any atom is -0.507 e. The first-order valence-corrected chi connectivity index (χ1v) is 12.5. The number of Topliss-reactive ketones (excluding diaryl/α,β-unsaturated/α-hetero) is 1. The van der Waals surface area contributed by atoms with E-state index >= 15 is 0 Å². The van der Waals surface area contributed by atoms with Crippen LogP contribution in [0.3, 0.4) is 0 Å². The number of hydrogen-bond donors (Lipinski definition) is 1. The van der Waals surface area contributed by atoms with E-state index in [0.29, 0.717) is 22.6 Å². The van der Waals surface area contributed by atoms with Gasteiger partial charge in [-0.25, -0.2) is 9.78 Å². The summed E-state index contributed by atoms with van der Waals surface area (Å²) in [7, 11) is 1.50. The monoisotopic (exact) mass is 604 g/mol. The molecule has 2 heterocycles. The molecule has 0 bridgehead atoms. The molecule has 1 atom stereocenters. The first-order chi connectivity index (χ1) is 16.8. The molecule has 1 unspecified atom stereocenters. The number of aromatic nitrogens is 1. The number of hydrogen-bond acceptors (Lipinski definition) is 8. The van der Waals surface area contributed by atoms with Gasteiger partial charge >= 0.3 is 11.9 Å².